The van der Waals surface area contributed by atoms with E-state index < -0.39 is 5.97 Å². The SMILES string of the molecule is Cc1ccc(F)c(C)c1CC(=O)O. The number of hydrogen-bond donors (Lipinski definition) is 1. The second-order valence-corrected chi connectivity index (χ2v) is 3.04. The molecule has 0 saturated carbocycles. The molecule has 0 unspecified atom stereocenters. The van der Waals surface area contributed by atoms with Gasteiger partial charge in [0.05, 0.1) is 6.42 Å². The minimum Gasteiger partial charge on any atom is -0.481 e. The van der Waals surface area contributed by atoms with E-state index in [-0.39, 0.29) is 12.2 Å². The molecule has 0 heterocycles. The monoisotopic (exact) mass is 182 g/mol. The summed E-state index contributed by atoms with van der Waals surface area (Å²) >= 11 is 0. The zero-order valence-electron chi connectivity index (χ0n) is 7.60. The molecule has 0 radical (unpaired) electrons. The Balaban J connectivity index is 3.17. The first-order chi connectivity index (χ1) is 6.02. The summed E-state index contributed by atoms with van der Waals surface area (Å²) in [7, 11) is 0. The highest BCUT2D eigenvalue weighted by Crippen LogP contribution is 2.17. The van der Waals surface area contributed by atoms with E-state index >= 15 is 0 Å². The molecule has 0 atom stereocenters. The van der Waals surface area contributed by atoms with Crippen molar-refractivity contribution >= 4 is 5.97 Å². The smallest absolute Gasteiger partial charge is 0.307 e. The van der Waals surface area contributed by atoms with Crippen LogP contribution in [0, 0.1) is 19.7 Å². The van der Waals surface area contributed by atoms with Gasteiger partial charge in [0.2, 0.25) is 0 Å². The van der Waals surface area contributed by atoms with Crippen molar-refractivity contribution in [3.8, 4) is 0 Å². The maximum Gasteiger partial charge on any atom is 0.307 e. The predicted octanol–water partition coefficient (Wildman–Crippen LogP) is 2.07. The van der Waals surface area contributed by atoms with Crippen molar-refractivity contribution in [2.24, 2.45) is 0 Å². The number of carboxylic acids is 1. The first-order valence-corrected chi connectivity index (χ1v) is 3.98. The molecular formula is C10H11FO2. The summed E-state index contributed by atoms with van der Waals surface area (Å²) in [5.74, 6) is -1.28. The van der Waals surface area contributed by atoms with Gasteiger partial charge >= 0.3 is 5.97 Å². The molecule has 1 aromatic rings. The fourth-order valence-corrected chi connectivity index (χ4v) is 1.29. The van der Waals surface area contributed by atoms with Crippen LogP contribution < -0.4 is 0 Å². The van der Waals surface area contributed by atoms with Crippen LogP contribution >= 0.6 is 0 Å². The molecule has 0 aliphatic heterocycles. The number of benzene rings is 1. The summed E-state index contributed by atoms with van der Waals surface area (Å²) in [6.45, 7) is 3.38. The highest BCUT2D eigenvalue weighted by molar-refractivity contribution is 5.71. The van der Waals surface area contributed by atoms with Crippen LogP contribution in [0.1, 0.15) is 16.7 Å². The standard InChI is InChI=1S/C10H11FO2/c1-6-3-4-9(11)7(2)8(6)5-10(12)13/h3-4H,5H2,1-2H3,(H,12,13). The average molecular weight is 182 g/mol. The first-order valence-electron chi connectivity index (χ1n) is 3.98. The number of rotatable bonds is 2. The molecule has 0 spiro atoms. The number of aryl methyl sites for hydroxylation is 1. The van der Waals surface area contributed by atoms with Crippen LogP contribution in [0.5, 0.6) is 0 Å². The number of aliphatic carboxylic acids is 1. The molecule has 0 fully saturated rings. The van der Waals surface area contributed by atoms with Gasteiger partial charge in [0, 0.05) is 0 Å². The van der Waals surface area contributed by atoms with Crippen LogP contribution in [0.2, 0.25) is 0 Å². The molecule has 1 N–H and O–H groups in total. The van der Waals surface area contributed by atoms with Crippen molar-refractivity contribution in [1.82, 2.24) is 0 Å². The van der Waals surface area contributed by atoms with E-state index in [1.54, 1.807) is 19.9 Å². The lowest BCUT2D eigenvalue weighted by atomic mass is 10.00. The number of hydrogen-bond acceptors (Lipinski definition) is 1. The number of carboxylic acid groups (broad SMARTS) is 1. The second kappa shape index (κ2) is 3.56. The Bertz CT molecular complexity index is 345. The molecule has 0 aliphatic carbocycles. The lowest BCUT2D eigenvalue weighted by molar-refractivity contribution is -0.136. The summed E-state index contributed by atoms with van der Waals surface area (Å²) in [5, 5.41) is 8.58. The van der Waals surface area contributed by atoms with Crippen LogP contribution in [0.15, 0.2) is 12.1 Å². The third-order valence-electron chi connectivity index (χ3n) is 2.09. The van der Waals surface area contributed by atoms with E-state index in [1.165, 1.54) is 6.07 Å². The zero-order chi connectivity index (χ0) is 10.0. The van der Waals surface area contributed by atoms with Crippen molar-refractivity contribution in [3.63, 3.8) is 0 Å². The zero-order valence-corrected chi connectivity index (χ0v) is 7.60. The Morgan fingerprint density at radius 1 is 1.46 bits per heavy atom. The predicted molar refractivity (Wildman–Crippen MR) is 47.2 cm³/mol. The van der Waals surface area contributed by atoms with Crippen LogP contribution in [-0.4, -0.2) is 11.1 Å². The largest absolute Gasteiger partial charge is 0.481 e. The summed E-state index contributed by atoms with van der Waals surface area (Å²) in [6.07, 6.45) is -0.116. The first kappa shape index (κ1) is 9.71. The molecule has 1 aromatic carbocycles. The van der Waals surface area contributed by atoms with Gasteiger partial charge in [-0.1, -0.05) is 6.07 Å². The lowest BCUT2D eigenvalue weighted by Crippen LogP contribution is -2.05. The van der Waals surface area contributed by atoms with Gasteiger partial charge in [0.15, 0.2) is 0 Å². The molecule has 3 heteroatoms. The minimum atomic E-state index is -0.934. The molecule has 70 valence electrons. The van der Waals surface area contributed by atoms with Crippen molar-refractivity contribution in [1.29, 1.82) is 0 Å². The Morgan fingerprint density at radius 2 is 2.08 bits per heavy atom. The van der Waals surface area contributed by atoms with Gasteiger partial charge in [-0.15, -0.1) is 0 Å². The Labute approximate surface area is 76.0 Å². The molecule has 0 aromatic heterocycles. The highest BCUT2D eigenvalue weighted by Gasteiger charge is 2.10. The van der Waals surface area contributed by atoms with Crippen LogP contribution in [-0.2, 0) is 11.2 Å². The fourth-order valence-electron chi connectivity index (χ4n) is 1.29. The number of halogens is 1. The molecule has 0 saturated heterocycles. The highest BCUT2D eigenvalue weighted by atomic mass is 19.1. The lowest BCUT2D eigenvalue weighted by Gasteiger charge is -2.07. The number of carbonyl (C=O) groups is 1. The summed E-state index contributed by atoms with van der Waals surface area (Å²) in [6, 6.07) is 2.95. The van der Waals surface area contributed by atoms with Gasteiger partial charge in [-0.25, -0.2) is 4.39 Å². The van der Waals surface area contributed by atoms with Gasteiger partial charge in [-0.3, -0.25) is 4.79 Å². The van der Waals surface area contributed by atoms with Gasteiger partial charge in [0.25, 0.3) is 0 Å². The van der Waals surface area contributed by atoms with E-state index in [9.17, 15) is 9.18 Å². The normalized spacial score (nSPS) is 10.1. The molecule has 0 bridgehead atoms. The molecule has 1 rings (SSSR count). The quantitative estimate of drug-likeness (QED) is 0.760. The topological polar surface area (TPSA) is 37.3 Å². The van der Waals surface area contributed by atoms with Gasteiger partial charge in [-0.2, -0.15) is 0 Å². The second-order valence-electron chi connectivity index (χ2n) is 3.04. The maximum absolute atomic E-state index is 13.0. The van der Waals surface area contributed by atoms with Gasteiger partial charge < -0.3 is 5.11 Å². The van der Waals surface area contributed by atoms with E-state index in [0.29, 0.717) is 11.1 Å². The van der Waals surface area contributed by atoms with E-state index in [1.807, 2.05) is 0 Å². The maximum atomic E-state index is 13.0. The van der Waals surface area contributed by atoms with E-state index in [4.69, 9.17) is 5.11 Å². The average Bonchev–Trinajstić information content (AvgIpc) is 2.05. The van der Waals surface area contributed by atoms with Gasteiger partial charge in [0.1, 0.15) is 5.82 Å². The molecule has 2 nitrogen and oxygen atoms in total. The fraction of sp³-hybridized carbons (Fsp3) is 0.300. The van der Waals surface area contributed by atoms with E-state index in [2.05, 4.69) is 0 Å². The molecule has 13 heavy (non-hydrogen) atoms. The molecule has 0 aliphatic rings. The molecule has 0 amide bonds. The van der Waals surface area contributed by atoms with Gasteiger partial charge in [-0.05, 0) is 36.6 Å². The minimum absolute atomic E-state index is 0.116. The summed E-state index contributed by atoms with van der Waals surface area (Å²) in [5.41, 5.74) is 1.83. The third-order valence-corrected chi connectivity index (χ3v) is 2.09. The third kappa shape index (κ3) is 2.05. The van der Waals surface area contributed by atoms with Crippen molar-refractivity contribution in [3.05, 3.63) is 34.6 Å². The van der Waals surface area contributed by atoms with E-state index in [0.717, 1.165) is 5.56 Å². The van der Waals surface area contributed by atoms with Crippen LogP contribution in [0.3, 0.4) is 0 Å². The van der Waals surface area contributed by atoms with Crippen molar-refractivity contribution < 1.29 is 14.3 Å². The Kier molecular flexibility index (Phi) is 2.66. The van der Waals surface area contributed by atoms with Crippen molar-refractivity contribution in [2.75, 3.05) is 0 Å². The summed E-state index contributed by atoms with van der Waals surface area (Å²) in [4.78, 5) is 10.5. The Morgan fingerprint density at radius 3 is 2.62 bits per heavy atom. The molecular weight excluding hydrogens is 171 g/mol. The van der Waals surface area contributed by atoms with Crippen LogP contribution in [0.4, 0.5) is 4.39 Å². The van der Waals surface area contributed by atoms with Crippen molar-refractivity contribution in [2.45, 2.75) is 20.3 Å². The Hall–Kier alpha value is -1.38. The summed E-state index contributed by atoms with van der Waals surface area (Å²) < 4.78 is 13.0. The van der Waals surface area contributed by atoms with Crippen LogP contribution in [0.25, 0.3) is 0 Å².